The summed E-state index contributed by atoms with van der Waals surface area (Å²) in [6, 6.07) is 5.74. The lowest BCUT2D eigenvalue weighted by atomic mass is 10.1. The van der Waals surface area contributed by atoms with Crippen molar-refractivity contribution in [1.82, 2.24) is 15.5 Å². The van der Waals surface area contributed by atoms with Crippen molar-refractivity contribution in [2.24, 2.45) is 0 Å². The van der Waals surface area contributed by atoms with Gasteiger partial charge in [-0.2, -0.15) is 0 Å². The zero-order chi connectivity index (χ0) is 18.5. The first-order chi connectivity index (χ1) is 12.1. The molecule has 0 aromatic heterocycles. The Labute approximate surface area is 151 Å². The van der Waals surface area contributed by atoms with Crippen LogP contribution in [0.25, 0.3) is 0 Å². The molecule has 0 saturated carbocycles. The molecule has 0 aliphatic heterocycles. The van der Waals surface area contributed by atoms with Gasteiger partial charge < -0.3 is 25.0 Å². The number of nitrogens with zero attached hydrogens (tertiary/aromatic N) is 1. The van der Waals surface area contributed by atoms with Gasteiger partial charge in [-0.25, -0.2) is 4.79 Å². The molecule has 0 fully saturated rings. The minimum Gasteiger partial charge on any atom is -0.493 e. The van der Waals surface area contributed by atoms with Crippen LogP contribution in [-0.2, 0) is 6.42 Å². The van der Waals surface area contributed by atoms with Crippen molar-refractivity contribution < 1.29 is 14.3 Å². The Morgan fingerprint density at radius 3 is 2.44 bits per heavy atom. The number of rotatable bonds is 12. The molecule has 6 heteroatoms. The number of carbonyl (C=O) groups is 1. The molecule has 2 amide bonds. The van der Waals surface area contributed by atoms with Gasteiger partial charge in [0.05, 0.1) is 13.7 Å². The first-order valence-corrected chi connectivity index (χ1v) is 9.18. The first kappa shape index (κ1) is 21.1. The third-order valence-electron chi connectivity index (χ3n) is 4.06. The van der Waals surface area contributed by atoms with Gasteiger partial charge in [-0.3, -0.25) is 0 Å². The summed E-state index contributed by atoms with van der Waals surface area (Å²) in [5.74, 6) is 1.47. The summed E-state index contributed by atoms with van der Waals surface area (Å²) in [5, 5.41) is 5.79. The molecule has 1 rings (SSSR count). The van der Waals surface area contributed by atoms with E-state index in [1.807, 2.05) is 25.1 Å². The molecule has 0 atom stereocenters. The molecule has 0 radical (unpaired) electrons. The van der Waals surface area contributed by atoms with Crippen molar-refractivity contribution in [3.05, 3.63) is 23.8 Å². The van der Waals surface area contributed by atoms with Gasteiger partial charge in [0.1, 0.15) is 0 Å². The molecule has 0 bridgehead atoms. The van der Waals surface area contributed by atoms with Gasteiger partial charge in [0, 0.05) is 13.1 Å². The molecule has 0 spiro atoms. The second kappa shape index (κ2) is 12.4. The molecular weight excluding hydrogens is 318 g/mol. The van der Waals surface area contributed by atoms with E-state index in [1.54, 1.807) is 7.11 Å². The topological polar surface area (TPSA) is 62.8 Å². The Morgan fingerprint density at radius 1 is 1.08 bits per heavy atom. The summed E-state index contributed by atoms with van der Waals surface area (Å²) >= 11 is 0. The predicted octanol–water partition coefficient (Wildman–Crippen LogP) is 2.67. The third-order valence-corrected chi connectivity index (χ3v) is 4.06. The molecule has 6 nitrogen and oxygen atoms in total. The maximum atomic E-state index is 11.8. The molecule has 1 aromatic carbocycles. The molecule has 142 valence electrons. The van der Waals surface area contributed by atoms with Crippen LogP contribution in [0.15, 0.2) is 18.2 Å². The second-order valence-electron chi connectivity index (χ2n) is 5.73. The van der Waals surface area contributed by atoms with Crippen LogP contribution in [0.5, 0.6) is 11.5 Å². The van der Waals surface area contributed by atoms with E-state index in [1.165, 1.54) is 0 Å². The summed E-state index contributed by atoms with van der Waals surface area (Å²) < 4.78 is 10.8. The molecule has 1 aromatic rings. The van der Waals surface area contributed by atoms with Crippen LogP contribution in [0.1, 0.15) is 32.8 Å². The fourth-order valence-corrected chi connectivity index (χ4v) is 2.57. The molecule has 0 saturated heterocycles. The van der Waals surface area contributed by atoms with Crippen LogP contribution in [0.4, 0.5) is 4.79 Å². The highest BCUT2D eigenvalue weighted by atomic mass is 16.5. The second-order valence-corrected chi connectivity index (χ2v) is 5.73. The van der Waals surface area contributed by atoms with E-state index in [9.17, 15) is 4.79 Å². The van der Waals surface area contributed by atoms with Crippen molar-refractivity contribution in [1.29, 1.82) is 0 Å². The zero-order valence-electron chi connectivity index (χ0n) is 16.1. The SMILES string of the molecule is CCOc1ccc(CCNC(=O)NCCCN(CC)CC)cc1OC. The number of nitrogens with one attached hydrogen (secondary N) is 2. The van der Waals surface area contributed by atoms with Crippen molar-refractivity contribution in [3.63, 3.8) is 0 Å². The van der Waals surface area contributed by atoms with E-state index in [4.69, 9.17) is 9.47 Å². The van der Waals surface area contributed by atoms with Crippen LogP contribution < -0.4 is 20.1 Å². The smallest absolute Gasteiger partial charge is 0.314 e. The number of amides is 2. The molecule has 0 aliphatic rings. The van der Waals surface area contributed by atoms with E-state index in [2.05, 4.69) is 29.4 Å². The average Bonchev–Trinajstić information content (AvgIpc) is 2.63. The Balaban J connectivity index is 2.26. The highest BCUT2D eigenvalue weighted by Gasteiger charge is 2.06. The maximum Gasteiger partial charge on any atom is 0.314 e. The van der Waals surface area contributed by atoms with E-state index < -0.39 is 0 Å². The fourth-order valence-electron chi connectivity index (χ4n) is 2.57. The summed E-state index contributed by atoms with van der Waals surface area (Å²) in [6.07, 6.45) is 1.71. The molecule has 0 aliphatic carbocycles. The van der Waals surface area contributed by atoms with Crippen LogP contribution in [0, 0.1) is 0 Å². The Kier molecular flexibility index (Phi) is 10.5. The van der Waals surface area contributed by atoms with Crippen molar-refractivity contribution >= 4 is 6.03 Å². The van der Waals surface area contributed by atoms with Gasteiger partial charge >= 0.3 is 6.03 Å². The van der Waals surface area contributed by atoms with E-state index in [0.717, 1.165) is 49.5 Å². The van der Waals surface area contributed by atoms with E-state index in [0.29, 0.717) is 19.7 Å². The third kappa shape index (κ3) is 8.12. The lowest BCUT2D eigenvalue weighted by Gasteiger charge is -2.17. The molecule has 25 heavy (non-hydrogen) atoms. The number of ether oxygens (including phenoxy) is 2. The van der Waals surface area contributed by atoms with Gasteiger partial charge in [-0.05, 0) is 57.1 Å². The minimum absolute atomic E-state index is 0.113. The molecular formula is C19H33N3O3. The van der Waals surface area contributed by atoms with Gasteiger partial charge in [0.15, 0.2) is 11.5 Å². The Morgan fingerprint density at radius 2 is 1.80 bits per heavy atom. The predicted molar refractivity (Wildman–Crippen MR) is 102 cm³/mol. The van der Waals surface area contributed by atoms with Crippen LogP contribution in [0.3, 0.4) is 0 Å². The minimum atomic E-state index is -0.113. The van der Waals surface area contributed by atoms with Crippen LogP contribution in [-0.4, -0.2) is 57.4 Å². The van der Waals surface area contributed by atoms with Gasteiger partial charge in [0.2, 0.25) is 0 Å². The monoisotopic (exact) mass is 351 g/mol. The normalized spacial score (nSPS) is 10.6. The fraction of sp³-hybridized carbons (Fsp3) is 0.632. The summed E-state index contributed by atoms with van der Waals surface area (Å²) in [7, 11) is 1.63. The van der Waals surface area contributed by atoms with Crippen molar-refractivity contribution in [2.45, 2.75) is 33.6 Å². The van der Waals surface area contributed by atoms with E-state index in [-0.39, 0.29) is 6.03 Å². The van der Waals surface area contributed by atoms with Crippen LogP contribution >= 0.6 is 0 Å². The van der Waals surface area contributed by atoms with Gasteiger partial charge in [-0.1, -0.05) is 19.9 Å². The number of carbonyl (C=O) groups excluding carboxylic acids is 1. The summed E-state index contributed by atoms with van der Waals surface area (Å²) in [5.41, 5.74) is 1.10. The summed E-state index contributed by atoms with van der Waals surface area (Å²) in [6.45, 7) is 11.2. The number of urea groups is 1. The number of hydrogen-bond donors (Lipinski definition) is 2. The largest absolute Gasteiger partial charge is 0.493 e. The first-order valence-electron chi connectivity index (χ1n) is 9.18. The lowest BCUT2D eigenvalue weighted by Crippen LogP contribution is -2.38. The number of benzene rings is 1. The molecule has 0 heterocycles. The van der Waals surface area contributed by atoms with E-state index >= 15 is 0 Å². The lowest BCUT2D eigenvalue weighted by molar-refractivity contribution is 0.239. The molecule has 0 unspecified atom stereocenters. The highest BCUT2D eigenvalue weighted by molar-refractivity contribution is 5.73. The number of methoxy groups -OCH3 is 1. The van der Waals surface area contributed by atoms with Gasteiger partial charge in [0.25, 0.3) is 0 Å². The average molecular weight is 351 g/mol. The van der Waals surface area contributed by atoms with Crippen LogP contribution in [0.2, 0.25) is 0 Å². The Hall–Kier alpha value is -1.95. The standard InChI is InChI=1S/C19H33N3O3/c1-5-22(6-2)14-8-12-20-19(23)21-13-11-16-9-10-17(25-7-3)18(15-16)24-4/h9-10,15H,5-8,11-14H2,1-4H3,(H2,20,21,23). The zero-order valence-corrected chi connectivity index (χ0v) is 16.1. The molecule has 2 N–H and O–H groups in total. The van der Waals surface area contributed by atoms with Gasteiger partial charge in [-0.15, -0.1) is 0 Å². The number of hydrogen-bond acceptors (Lipinski definition) is 4. The Bertz CT molecular complexity index is 505. The highest BCUT2D eigenvalue weighted by Crippen LogP contribution is 2.28. The van der Waals surface area contributed by atoms with Crippen molar-refractivity contribution in [2.75, 3.05) is 46.4 Å². The van der Waals surface area contributed by atoms with Crippen molar-refractivity contribution in [3.8, 4) is 11.5 Å². The summed E-state index contributed by atoms with van der Waals surface area (Å²) in [4.78, 5) is 14.1. The maximum absolute atomic E-state index is 11.8. The quantitative estimate of drug-likeness (QED) is 0.568.